The van der Waals surface area contributed by atoms with Crippen LogP contribution in [0.2, 0.25) is 0 Å². The Bertz CT molecular complexity index is 745. The molecule has 3 fully saturated rings. The number of anilines is 1. The smallest absolute Gasteiger partial charge is 0.253 e. The van der Waals surface area contributed by atoms with Crippen molar-refractivity contribution in [1.82, 2.24) is 9.80 Å². The van der Waals surface area contributed by atoms with Crippen molar-refractivity contribution in [3.05, 3.63) is 30.3 Å². The fraction of sp³-hybridized carbons (Fsp3) is 0.652. The third-order valence-corrected chi connectivity index (χ3v) is 7.11. The van der Waals surface area contributed by atoms with Gasteiger partial charge in [0.15, 0.2) is 0 Å². The Hall–Kier alpha value is -1.92. The minimum atomic E-state index is -0.355. The number of rotatable bonds is 2. The lowest BCUT2D eigenvalue weighted by Crippen LogP contribution is -2.55. The molecule has 2 amide bonds. The van der Waals surface area contributed by atoms with E-state index in [2.05, 4.69) is 23.8 Å². The summed E-state index contributed by atoms with van der Waals surface area (Å²) in [6.45, 7) is 6.28. The zero-order valence-corrected chi connectivity index (χ0v) is 17.7. The van der Waals surface area contributed by atoms with Crippen LogP contribution < -0.4 is 4.90 Å². The van der Waals surface area contributed by atoms with Crippen molar-refractivity contribution in [3.8, 4) is 0 Å². The summed E-state index contributed by atoms with van der Waals surface area (Å²) in [6, 6.07) is 9.83. The summed E-state index contributed by atoms with van der Waals surface area (Å²) < 4.78 is 6.13. The van der Waals surface area contributed by atoms with Crippen LogP contribution in [-0.2, 0) is 14.3 Å². The van der Waals surface area contributed by atoms with Crippen molar-refractivity contribution in [3.63, 3.8) is 0 Å². The molecule has 1 aromatic carbocycles. The molecule has 1 unspecified atom stereocenters. The van der Waals surface area contributed by atoms with E-state index in [1.807, 2.05) is 35.2 Å². The predicted octanol–water partition coefficient (Wildman–Crippen LogP) is 2.53. The molecular weight excluding hydrogens is 366 g/mol. The highest BCUT2D eigenvalue weighted by atomic mass is 16.5. The van der Waals surface area contributed by atoms with E-state index in [-0.39, 0.29) is 23.5 Å². The highest BCUT2D eigenvalue weighted by Crippen LogP contribution is 2.36. The van der Waals surface area contributed by atoms with E-state index in [9.17, 15) is 9.59 Å². The Morgan fingerprint density at radius 2 is 1.72 bits per heavy atom. The van der Waals surface area contributed by atoms with Crippen molar-refractivity contribution in [1.29, 1.82) is 0 Å². The molecule has 1 atom stereocenters. The maximum Gasteiger partial charge on any atom is 0.253 e. The van der Waals surface area contributed by atoms with Gasteiger partial charge < -0.3 is 19.4 Å². The molecule has 0 radical (unpaired) electrons. The largest absolute Gasteiger partial charge is 0.363 e. The first kappa shape index (κ1) is 20.4. The van der Waals surface area contributed by atoms with E-state index in [1.165, 1.54) is 0 Å². The van der Waals surface area contributed by atoms with Crippen LogP contribution in [0.4, 0.5) is 5.69 Å². The van der Waals surface area contributed by atoms with Gasteiger partial charge in [-0.1, -0.05) is 25.1 Å². The van der Waals surface area contributed by atoms with Gasteiger partial charge in [-0.25, -0.2) is 0 Å². The maximum atomic E-state index is 13.3. The molecule has 0 aromatic heterocycles. The molecule has 3 saturated heterocycles. The zero-order valence-electron chi connectivity index (χ0n) is 17.7. The van der Waals surface area contributed by atoms with E-state index in [1.54, 1.807) is 0 Å². The molecular formula is C23H33N3O3. The van der Waals surface area contributed by atoms with Gasteiger partial charge in [0.05, 0.1) is 12.1 Å². The monoisotopic (exact) mass is 399 g/mol. The van der Waals surface area contributed by atoms with Gasteiger partial charge in [0, 0.05) is 24.2 Å². The Labute approximate surface area is 173 Å². The summed E-state index contributed by atoms with van der Waals surface area (Å²) in [6.07, 6.45) is 4.43. The first-order chi connectivity index (χ1) is 13.9. The number of likely N-dealkylation sites (tertiary alicyclic amines) is 2. The number of benzene rings is 1. The standard InChI is InChI=1S/C23H33N3O3/c1-22(10-14-24(2)15-11-22)21(28)25-13-6-9-23(12-16-25)18-26(20(27)17-29-23)19-7-4-3-5-8-19/h3-5,7-8H,6,9-18H2,1-2H3. The summed E-state index contributed by atoms with van der Waals surface area (Å²) in [5.74, 6) is 0.312. The van der Waals surface area contributed by atoms with Crippen molar-refractivity contribution >= 4 is 17.5 Å². The molecule has 6 heteroatoms. The van der Waals surface area contributed by atoms with Crippen LogP contribution in [0.25, 0.3) is 0 Å². The highest BCUT2D eigenvalue weighted by Gasteiger charge is 2.44. The van der Waals surface area contributed by atoms with Crippen molar-refractivity contribution in [2.75, 3.05) is 51.3 Å². The van der Waals surface area contributed by atoms with Gasteiger partial charge in [0.2, 0.25) is 5.91 Å². The van der Waals surface area contributed by atoms with Gasteiger partial charge >= 0.3 is 0 Å². The summed E-state index contributed by atoms with van der Waals surface area (Å²) in [4.78, 5) is 32.1. The topological polar surface area (TPSA) is 53.1 Å². The van der Waals surface area contributed by atoms with Gasteiger partial charge in [-0.15, -0.1) is 0 Å². The van der Waals surface area contributed by atoms with Crippen molar-refractivity contribution < 1.29 is 14.3 Å². The van der Waals surface area contributed by atoms with Crippen molar-refractivity contribution in [2.24, 2.45) is 5.41 Å². The van der Waals surface area contributed by atoms with Crippen molar-refractivity contribution in [2.45, 2.75) is 44.6 Å². The number of piperidine rings is 1. The number of ether oxygens (including phenoxy) is 1. The summed E-state index contributed by atoms with van der Waals surface area (Å²) in [7, 11) is 2.12. The Morgan fingerprint density at radius 3 is 2.45 bits per heavy atom. The lowest BCUT2D eigenvalue weighted by molar-refractivity contribution is -0.145. The maximum absolute atomic E-state index is 13.3. The average molecular weight is 400 g/mol. The number of para-hydroxylation sites is 1. The molecule has 1 spiro atoms. The first-order valence-electron chi connectivity index (χ1n) is 10.9. The SMILES string of the molecule is CN1CCC(C)(C(=O)N2CCCC3(CC2)CN(c2ccccc2)C(=O)CO3)CC1. The van der Waals surface area contributed by atoms with E-state index >= 15 is 0 Å². The van der Waals surface area contributed by atoms with E-state index < -0.39 is 0 Å². The molecule has 0 aliphatic carbocycles. The number of hydrogen-bond acceptors (Lipinski definition) is 4. The first-order valence-corrected chi connectivity index (χ1v) is 10.9. The second-order valence-electron chi connectivity index (χ2n) is 9.30. The summed E-state index contributed by atoms with van der Waals surface area (Å²) in [5, 5.41) is 0. The van der Waals surface area contributed by atoms with E-state index in [0.29, 0.717) is 19.0 Å². The molecule has 0 bridgehead atoms. The van der Waals surface area contributed by atoms with E-state index in [0.717, 1.165) is 57.4 Å². The normalized spacial score (nSPS) is 28.4. The fourth-order valence-electron chi connectivity index (χ4n) is 4.94. The quantitative estimate of drug-likeness (QED) is 0.767. The number of carbonyl (C=O) groups excluding carboxylic acids is 2. The van der Waals surface area contributed by atoms with Gasteiger partial charge in [-0.2, -0.15) is 0 Å². The number of carbonyl (C=O) groups is 2. The van der Waals surface area contributed by atoms with Crippen LogP contribution in [0.3, 0.4) is 0 Å². The van der Waals surface area contributed by atoms with Crippen LogP contribution in [-0.4, -0.2) is 73.6 Å². The molecule has 0 N–H and O–H groups in total. The van der Waals surface area contributed by atoms with Gasteiger partial charge in [0.1, 0.15) is 6.61 Å². The zero-order chi connectivity index (χ0) is 20.5. The molecule has 3 heterocycles. The summed E-state index contributed by atoms with van der Waals surface area (Å²) >= 11 is 0. The lowest BCUT2D eigenvalue weighted by Gasteiger charge is -2.42. The van der Waals surface area contributed by atoms with Gasteiger partial charge in [-0.05, 0) is 64.4 Å². The minimum absolute atomic E-state index is 0.0119. The Kier molecular flexibility index (Phi) is 5.67. The molecule has 0 saturated carbocycles. The van der Waals surface area contributed by atoms with Crippen LogP contribution in [0.15, 0.2) is 30.3 Å². The van der Waals surface area contributed by atoms with Gasteiger partial charge in [-0.3, -0.25) is 9.59 Å². The molecule has 3 aliphatic heterocycles. The van der Waals surface area contributed by atoms with Crippen LogP contribution in [0.5, 0.6) is 0 Å². The molecule has 158 valence electrons. The molecule has 1 aromatic rings. The third kappa shape index (κ3) is 4.19. The number of hydrogen-bond donors (Lipinski definition) is 0. The van der Waals surface area contributed by atoms with Crippen LogP contribution in [0.1, 0.15) is 39.0 Å². The second-order valence-corrected chi connectivity index (χ2v) is 9.30. The molecule has 3 aliphatic rings. The highest BCUT2D eigenvalue weighted by molar-refractivity contribution is 5.95. The molecule has 4 rings (SSSR count). The average Bonchev–Trinajstić information content (AvgIpc) is 2.95. The molecule has 6 nitrogen and oxygen atoms in total. The number of amides is 2. The molecule has 29 heavy (non-hydrogen) atoms. The fourth-order valence-corrected chi connectivity index (χ4v) is 4.94. The van der Waals surface area contributed by atoms with E-state index in [4.69, 9.17) is 4.74 Å². The summed E-state index contributed by atoms with van der Waals surface area (Å²) in [5.41, 5.74) is 0.326. The van der Waals surface area contributed by atoms with Gasteiger partial charge in [0.25, 0.3) is 5.91 Å². The van der Waals surface area contributed by atoms with Crippen LogP contribution >= 0.6 is 0 Å². The Balaban J connectivity index is 1.44. The Morgan fingerprint density at radius 1 is 1.00 bits per heavy atom. The van der Waals surface area contributed by atoms with Crippen LogP contribution in [0, 0.1) is 5.41 Å². The second kappa shape index (κ2) is 8.07. The number of nitrogens with zero attached hydrogens (tertiary/aromatic N) is 3. The third-order valence-electron chi connectivity index (χ3n) is 7.11. The lowest BCUT2D eigenvalue weighted by atomic mass is 9.79. The predicted molar refractivity (Wildman–Crippen MR) is 113 cm³/mol. The minimum Gasteiger partial charge on any atom is -0.363 e. The number of morpholine rings is 1.